The Kier molecular flexibility index (Phi) is 5.35. The van der Waals surface area contributed by atoms with Gasteiger partial charge in [-0.15, -0.1) is 12.4 Å². The normalized spacial score (nSPS) is 22.9. The summed E-state index contributed by atoms with van der Waals surface area (Å²) in [6.07, 6.45) is 0. The molecule has 1 aliphatic rings. The van der Waals surface area contributed by atoms with E-state index in [-0.39, 0.29) is 29.8 Å². The van der Waals surface area contributed by atoms with E-state index in [2.05, 4.69) is 55.1 Å². The van der Waals surface area contributed by atoms with Crippen molar-refractivity contribution < 1.29 is 4.52 Å². The van der Waals surface area contributed by atoms with Crippen LogP contribution in [0.5, 0.6) is 0 Å². The summed E-state index contributed by atoms with van der Waals surface area (Å²) in [6.45, 7) is 11.6. The summed E-state index contributed by atoms with van der Waals surface area (Å²) in [5, 5.41) is 7.53. The zero-order valence-electron chi connectivity index (χ0n) is 12.4. The lowest BCUT2D eigenvalue weighted by Crippen LogP contribution is -2.44. The third-order valence-electron chi connectivity index (χ3n) is 3.94. The van der Waals surface area contributed by atoms with E-state index >= 15 is 0 Å². The second-order valence-corrected chi connectivity index (χ2v) is 6.28. The molecule has 1 aliphatic heterocycles. The molecular weight excluding hydrogens is 264 g/mol. The lowest BCUT2D eigenvalue weighted by molar-refractivity contribution is 0.189. The summed E-state index contributed by atoms with van der Waals surface area (Å²) < 4.78 is 5.44. The molecule has 0 spiro atoms. The zero-order valence-corrected chi connectivity index (χ0v) is 13.3. The Morgan fingerprint density at radius 1 is 1.42 bits per heavy atom. The Morgan fingerprint density at radius 3 is 2.68 bits per heavy atom. The quantitative estimate of drug-likeness (QED) is 0.904. The highest BCUT2D eigenvalue weighted by atomic mass is 35.5. The van der Waals surface area contributed by atoms with Crippen molar-refractivity contribution in [2.45, 2.75) is 39.7 Å². The predicted octanol–water partition coefficient (Wildman–Crippen LogP) is 2.22. The molecule has 0 aliphatic carbocycles. The van der Waals surface area contributed by atoms with E-state index in [1.165, 1.54) is 0 Å². The first-order chi connectivity index (χ1) is 8.39. The number of halogens is 1. The van der Waals surface area contributed by atoms with Gasteiger partial charge in [-0.25, -0.2) is 0 Å². The van der Waals surface area contributed by atoms with Gasteiger partial charge in [0, 0.05) is 25.6 Å². The Balaban J connectivity index is 0.00000180. The number of aromatic nitrogens is 2. The minimum atomic E-state index is 0. The Bertz CT molecular complexity index is 402. The fourth-order valence-corrected chi connectivity index (χ4v) is 2.02. The van der Waals surface area contributed by atoms with E-state index in [4.69, 9.17) is 4.52 Å². The van der Waals surface area contributed by atoms with Crippen molar-refractivity contribution in [2.75, 3.05) is 26.7 Å². The second-order valence-electron chi connectivity index (χ2n) is 6.28. The van der Waals surface area contributed by atoms with Gasteiger partial charge in [-0.2, -0.15) is 4.98 Å². The lowest BCUT2D eigenvalue weighted by Gasteiger charge is -2.30. The first-order valence-electron chi connectivity index (χ1n) is 6.64. The third kappa shape index (κ3) is 3.68. The van der Waals surface area contributed by atoms with Gasteiger partial charge in [0.25, 0.3) is 0 Å². The summed E-state index contributed by atoms with van der Waals surface area (Å²) >= 11 is 0. The minimum absolute atomic E-state index is 0. The number of likely N-dealkylation sites (N-methyl/N-ethyl adjacent to an activating group) is 1. The number of hydrogen-bond donors (Lipinski definition) is 1. The van der Waals surface area contributed by atoms with E-state index in [9.17, 15) is 0 Å². The van der Waals surface area contributed by atoms with Crippen LogP contribution in [0, 0.1) is 5.41 Å². The van der Waals surface area contributed by atoms with Crippen LogP contribution < -0.4 is 5.32 Å². The highest BCUT2D eigenvalue weighted by Gasteiger charge is 2.30. The number of piperazine rings is 1. The predicted molar refractivity (Wildman–Crippen MR) is 77.7 cm³/mol. The lowest BCUT2D eigenvalue weighted by atomic mass is 9.82. The molecule has 2 rings (SSSR count). The largest absolute Gasteiger partial charge is 0.339 e. The zero-order chi connectivity index (χ0) is 13.3. The highest BCUT2D eigenvalue weighted by Crippen LogP contribution is 2.34. The first-order valence-corrected chi connectivity index (χ1v) is 6.64. The molecular formula is C13H25ClN4O. The van der Waals surface area contributed by atoms with Gasteiger partial charge in [0.15, 0.2) is 5.82 Å². The second kappa shape index (κ2) is 6.20. The molecule has 1 aromatic heterocycles. The van der Waals surface area contributed by atoms with Gasteiger partial charge in [-0.1, -0.05) is 32.9 Å². The molecule has 2 heterocycles. The van der Waals surface area contributed by atoms with Crippen molar-refractivity contribution in [2.24, 2.45) is 5.41 Å². The molecule has 0 aromatic carbocycles. The van der Waals surface area contributed by atoms with Crippen molar-refractivity contribution in [3.8, 4) is 0 Å². The van der Waals surface area contributed by atoms with Gasteiger partial charge in [-0.3, -0.25) is 4.90 Å². The van der Waals surface area contributed by atoms with E-state index < -0.39 is 0 Å². The molecule has 6 heteroatoms. The summed E-state index contributed by atoms with van der Waals surface area (Å²) in [6, 6.07) is 0.225. The van der Waals surface area contributed by atoms with Gasteiger partial charge >= 0.3 is 0 Å². The molecule has 5 nitrogen and oxygen atoms in total. The van der Waals surface area contributed by atoms with Crippen LogP contribution >= 0.6 is 12.4 Å². The maximum absolute atomic E-state index is 5.44. The van der Waals surface area contributed by atoms with Crippen LogP contribution in [0.2, 0.25) is 0 Å². The summed E-state index contributed by atoms with van der Waals surface area (Å²) in [5.41, 5.74) is 0.139. The molecule has 1 aromatic rings. The van der Waals surface area contributed by atoms with Crippen LogP contribution in [-0.4, -0.2) is 41.7 Å². The Labute approximate surface area is 121 Å². The average Bonchev–Trinajstić information content (AvgIpc) is 2.76. The van der Waals surface area contributed by atoms with Crippen LogP contribution in [0.1, 0.15) is 51.4 Å². The van der Waals surface area contributed by atoms with E-state index in [0.29, 0.717) is 0 Å². The van der Waals surface area contributed by atoms with E-state index in [1.54, 1.807) is 0 Å². The maximum Gasteiger partial charge on any atom is 0.230 e. The van der Waals surface area contributed by atoms with Crippen molar-refractivity contribution in [3.05, 3.63) is 11.7 Å². The van der Waals surface area contributed by atoms with Gasteiger partial charge in [0.2, 0.25) is 5.89 Å². The van der Waals surface area contributed by atoms with Gasteiger partial charge in [-0.05, 0) is 12.5 Å². The SMILES string of the molecule is CC(c1nc(C2CNCCN2C)no1)C(C)(C)C.Cl. The van der Waals surface area contributed by atoms with Gasteiger partial charge in [0.05, 0.1) is 6.04 Å². The van der Waals surface area contributed by atoms with Crippen LogP contribution in [0.15, 0.2) is 4.52 Å². The number of nitrogens with zero attached hydrogens (tertiary/aromatic N) is 3. The molecule has 1 fully saturated rings. The Morgan fingerprint density at radius 2 is 2.11 bits per heavy atom. The molecule has 19 heavy (non-hydrogen) atoms. The van der Waals surface area contributed by atoms with Crippen molar-refractivity contribution in [3.63, 3.8) is 0 Å². The third-order valence-corrected chi connectivity index (χ3v) is 3.94. The van der Waals surface area contributed by atoms with Crippen molar-refractivity contribution >= 4 is 12.4 Å². The molecule has 2 atom stereocenters. The molecule has 0 saturated carbocycles. The van der Waals surface area contributed by atoms with Crippen molar-refractivity contribution in [1.29, 1.82) is 0 Å². The number of nitrogens with one attached hydrogen (secondary N) is 1. The summed E-state index contributed by atoms with van der Waals surface area (Å²) in [7, 11) is 2.11. The van der Waals surface area contributed by atoms with Gasteiger partial charge < -0.3 is 9.84 Å². The van der Waals surface area contributed by atoms with Crippen LogP contribution in [-0.2, 0) is 0 Å². The van der Waals surface area contributed by atoms with Crippen LogP contribution in [0.4, 0.5) is 0 Å². The molecule has 1 N–H and O–H groups in total. The monoisotopic (exact) mass is 288 g/mol. The maximum atomic E-state index is 5.44. The fourth-order valence-electron chi connectivity index (χ4n) is 2.02. The molecule has 2 unspecified atom stereocenters. The number of rotatable bonds is 2. The molecule has 110 valence electrons. The van der Waals surface area contributed by atoms with E-state index in [0.717, 1.165) is 31.3 Å². The highest BCUT2D eigenvalue weighted by molar-refractivity contribution is 5.85. The summed E-state index contributed by atoms with van der Waals surface area (Å²) in [5.74, 6) is 1.81. The van der Waals surface area contributed by atoms with Crippen molar-refractivity contribution in [1.82, 2.24) is 20.4 Å². The van der Waals surface area contributed by atoms with Gasteiger partial charge in [0.1, 0.15) is 0 Å². The smallest absolute Gasteiger partial charge is 0.230 e. The first kappa shape index (κ1) is 16.4. The minimum Gasteiger partial charge on any atom is -0.339 e. The summed E-state index contributed by atoms with van der Waals surface area (Å²) in [4.78, 5) is 6.86. The topological polar surface area (TPSA) is 54.2 Å². The fraction of sp³-hybridized carbons (Fsp3) is 0.846. The van der Waals surface area contributed by atoms with E-state index in [1.807, 2.05) is 0 Å². The van der Waals surface area contributed by atoms with Crippen LogP contribution in [0.25, 0.3) is 0 Å². The molecule has 0 amide bonds. The standard InChI is InChI=1S/C13H24N4O.ClH/c1-9(13(2,3)4)12-15-11(16-18-12)10-8-14-6-7-17(10)5;/h9-10,14H,6-8H2,1-5H3;1H. The number of hydrogen-bond acceptors (Lipinski definition) is 5. The van der Waals surface area contributed by atoms with Crippen LogP contribution in [0.3, 0.4) is 0 Å². The molecule has 0 radical (unpaired) electrons. The molecule has 1 saturated heterocycles. The Hall–Kier alpha value is -0.650. The average molecular weight is 289 g/mol. The molecule has 0 bridgehead atoms.